The van der Waals surface area contributed by atoms with Crippen LogP contribution in [0.2, 0.25) is 10.0 Å². The normalized spacial score (nSPS) is 16.2. The first-order chi connectivity index (χ1) is 18.7. The lowest BCUT2D eigenvalue weighted by molar-refractivity contribution is -0.138. The van der Waals surface area contributed by atoms with Crippen LogP contribution in [-0.2, 0) is 21.2 Å². The number of aromatic nitrogens is 2. The van der Waals surface area contributed by atoms with E-state index in [0.29, 0.717) is 18.9 Å². The van der Waals surface area contributed by atoms with E-state index in [4.69, 9.17) is 28.2 Å². The Morgan fingerprint density at radius 3 is 2.49 bits per heavy atom. The summed E-state index contributed by atoms with van der Waals surface area (Å²) in [6.07, 6.45) is 2.42. The lowest BCUT2D eigenvalue weighted by Gasteiger charge is -2.30. The third-order valence-corrected chi connectivity index (χ3v) is 9.12. The Hall–Kier alpha value is -3.12. The van der Waals surface area contributed by atoms with Crippen molar-refractivity contribution in [2.45, 2.75) is 30.7 Å². The molecular weight excluding hydrogens is 563 g/mol. The van der Waals surface area contributed by atoms with Gasteiger partial charge in [-0.15, -0.1) is 0 Å². The van der Waals surface area contributed by atoms with E-state index in [0.717, 1.165) is 47.6 Å². The van der Waals surface area contributed by atoms with Crippen molar-refractivity contribution >= 4 is 62.3 Å². The van der Waals surface area contributed by atoms with Crippen molar-refractivity contribution in [2.75, 3.05) is 46.8 Å². The summed E-state index contributed by atoms with van der Waals surface area (Å²) in [4.78, 5) is 25.5. The maximum atomic E-state index is 13.8. The standard InChI is InChI=1S/C26H28Cl2N6O4S/c1-2-22(25(35)36)34(39(37,38)21-15-18(27)14-19(28)16-21)20-3-4-23-17(13-20)6-10-33(23)26-30-7-5-24(31-26)32-11-8-29-9-12-32/h3-5,7,13-16,22,29H,2,6,8-12H2,1H3,(H,35,36). The van der Waals surface area contributed by atoms with Crippen LogP contribution in [0.3, 0.4) is 0 Å². The molecular formula is C26H28Cl2N6O4S. The van der Waals surface area contributed by atoms with E-state index in [1.54, 1.807) is 31.3 Å². The fourth-order valence-corrected chi connectivity index (χ4v) is 7.39. The Morgan fingerprint density at radius 1 is 1.10 bits per heavy atom. The average Bonchev–Trinajstić information content (AvgIpc) is 3.34. The van der Waals surface area contributed by atoms with Gasteiger partial charge in [-0.3, -0.25) is 4.31 Å². The SMILES string of the molecule is CCC(C(=O)O)N(c1ccc2c(c1)CCN2c1nccc(N2CCNCC2)n1)S(=O)(=O)c1cc(Cl)cc(Cl)c1. The fraction of sp³-hybridized carbons (Fsp3) is 0.346. The van der Waals surface area contributed by atoms with Crippen molar-refractivity contribution in [3.63, 3.8) is 0 Å². The van der Waals surface area contributed by atoms with Gasteiger partial charge in [0.05, 0.1) is 10.6 Å². The number of benzene rings is 2. The van der Waals surface area contributed by atoms with Crippen LogP contribution in [0, 0.1) is 0 Å². The van der Waals surface area contributed by atoms with Crippen LogP contribution in [0.25, 0.3) is 0 Å². The van der Waals surface area contributed by atoms with E-state index in [-0.39, 0.29) is 27.0 Å². The molecule has 3 heterocycles. The first-order valence-corrected chi connectivity index (χ1v) is 14.8. The van der Waals surface area contributed by atoms with Crippen molar-refractivity contribution < 1.29 is 18.3 Å². The van der Waals surface area contributed by atoms with E-state index in [9.17, 15) is 18.3 Å². The van der Waals surface area contributed by atoms with E-state index < -0.39 is 22.0 Å². The number of piperazine rings is 1. The van der Waals surface area contributed by atoms with Gasteiger partial charge >= 0.3 is 5.97 Å². The molecule has 2 aliphatic rings. The molecule has 1 atom stereocenters. The Morgan fingerprint density at radius 2 is 1.82 bits per heavy atom. The highest BCUT2D eigenvalue weighted by Gasteiger charge is 2.36. The zero-order valence-corrected chi connectivity index (χ0v) is 23.5. The predicted molar refractivity (Wildman–Crippen MR) is 152 cm³/mol. The van der Waals surface area contributed by atoms with Crippen molar-refractivity contribution in [3.05, 3.63) is 64.3 Å². The summed E-state index contributed by atoms with van der Waals surface area (Å²) < 4.78 is 28.6. The molecule has 1 saturated heterocycles. The second-order valence-electron chi connectivity index (χ2n) is 9.33. The molecule has 0 amide bonds. The molecule has 0 saturated carbocycles. The summed E-state index contributed by atoms with van der Waals surface area (Å²) in [6, 6.07) is 9.66. The summed E-state index contributed by atoms with van der Waals surface area (Å²) in [5.41, 5.74) is 1.97. The number of anilines is 4. The van der Waals surface area contributed by atoms with Gasteiger partial charge in [0.25, 0.3) is 10.0 Å². The van der Waals surface area contributed by atoms with Crippen LogP contribution in [-0.4, -0.2) is 68.2 Å². The summed E-state index contributed by atoms with van der Waals surface area (Å²) >= 11 is 12.2. The van der Waals surface area contributed by atoms with Crippen LogP contribution in [0.1, 0.15) is 18.9 Å². The number of fused-ring (bicyclic) bond motifs is 1. The zero-order chi connectivity index (χ0) is 27.7. The molecule has 5 rings (SSSR count). The molecule has 13 heteroatoms. The number of hydrogen-bond acceptors (Lipinski definition) is 8. The van der Waals surface area contributed by atoms with Gasteiger partial charge < -0.3 is 20.2 Å². The van der Waals surface area contributed by atoms with E-state index in [2.05, 4.69) is 15.2 Å². The first kappa shape index (κ1) is 27.4. The average molecular weight is 592 g/mol. The molecule has 0 spiro atoms. The molecule has 3 aromatic rings. The highest BCUT2D eigenvalue weighted by Crippen LogP contribution is 2.38. The molecule has 2 N–H and O–H groups in total. The Bertz CT molecular complexity index is 1480. The Balaban J connectivity index is 1.52. The van der Waals surface area contributed by atoms with Gasteiger partial charge in [0.1, 0.15) is 11.9 Å². The van der Waals surface area contributed by atoms with Crippen molar-refractivity contribution in [3.8, 4) is 0 Å². The minimum atomic E-state index is -4.32. The number of sulfonamides is 1. The molecule has 206 valence electrons. The molecule has 1 fully saturated rings. The number of carboxylic acids is 1. The summed E-state index contributed by atoms with van der Waals surface area (Å²) in [6.45, 7) is 5.75. The van der Waals surface area contributed by atoms with Crippen molar-refractivity contribution in [1.82, 2.24) is 15.3 Å². The first-order valence-electron chi connectivity index (χ1n) is 12.6. The fourth-order valence-electron chi connectivity index (χ4n) is 4.99. The second kappa shape index (κ2) is 11.2. The molecule has 0 bridgehead atoms. The van der Waals surface area contributed by atoms with E-state index in [1.165, 1.54) is 18.2 Å². The number of carboxylic acid groups (broad SMARTS) is 1. The Labute approximate surface area is 237 Å². The van der Waals surface area contributed by atoms with Gasteiger partial charge in [-0.05, 0) is 60.9 Å². The molecule has 39 heavy (non-hydrogen) atoms. The number of nitrogens with zero attached hydrogens (tertiary/aromatic N) is 5. The highest BCUT2D eigenvalue weighted by molar-refractivity contribution is 7.93. The minimum Gasteiger partial charge on any atom is -0.480 e. The molecule has 1 unspecified atom stereocenters. The topological polar surface area (TPSA) is 119 Å². The van der Waals surface area contributed by atoms with Gasteiger partial charge in [0.15, 0.2) is 0 Å². The number of halogens is 2. The lowest BCUT2D eigenvalue weighted by Crippen LogP contribution is -2.45. The smallest absolute Gasteiger partial charge is 0.327 e. The third kappa shape index (κ3) is 5.49. The van der Waals surface area contributed by atoms with Gasteiger partial charge in [0.2, 0.25) is 5.95 Å². The van der Waals surface area contributed by atoms with Gasteiger partial charge in [-0.2, -0.15) is 4.98 Å². The molecule has 2 aromatic carbocycles. The minimum absolute atomic E-state index is 0.0543. The van der Waals surface area contributed by atoms with Crippen molar-refractivity contribution in [1.29, 1.82) is 0 Å². The number of aliphatic carboxylic acids is 1. The predicted octanol–water partition coefficient (Wildman–Crippen LogP) is 3.95. The maximum absolute atomic E-state index is 13.8. The molecule has 0 aliphatic carbocycles. The van der Waals surface area contributed by atoms with Crippen LogP contribution in [0.15, 0.2) is 53.6 Å². The summed E-state index contributed by atoms with van der Waals surface area (Å²) in [5, 5.41) is 13.6. The van der Waals surface area contributed by atoms with Crippen molar-refractivity contribution in [2.24, 2.45) is 0 Å². The highest BCUT2D eigenvalue weighted by atomic mass is 35.5. The maximum Gasteiger partial charge on any atom is 0.327 e. The van der Waals surface area contributed by atoms with E-state index in [1.807, 2.05) is 11.0 Å². The monoisotopic (exact) mass is 590 g/mol. The quantitative estimate of drug-likeness (QED) is 0.402. The largest absolute Gasteiger partial charge is 0.480 e. The Kier molecular flexibility index (Phi) is 7.86. The van der Waals surface area contributed by atoms with Crippen LogP contribution < -0.4 is 19.4 Å². The number of nitrogens with one attached hydrogen (secondary N) is 1. The number of carbonyl (C=O) groups is 1. The molecule has 10 nitrogen and oxygen atoms in total. The van der Waals surface area contributed by atoms with Gasteiger partial charge in [0, 0.05) is 54.7 Å². The van der Waals surface area contributed by atoms with Crippen LogP contribution in [0.4, 0.5) is 23.1 Å². The lowest BCUT2D eigenvalue weighted by atomic mass is 10.1. The second-order valence-corrected chi connectivity index (χ2v) is 12.0. The third-order valence-electron chi connectivity index (χ3n) is 6.87. The summed E-state index contributed by atoms with van der Waals surface area (Å²) in [7, 11) is -4.32. The van der Waals surface area contributed by atoms with Gasteiger partial charge in [-0.1, -0.05) is 30.1 Å². The molecule has 2 aliphatic heterocycles. The number of rotatable bonds is 8. The van der Waals surface area contributed by atoms with Crippen LogP contribution >= 0.6 is 23.2 Å². The number of hydrogen-bond donors (Lipinski definition) is 2. The summed E-state index contributed by atoms with van der Waals surface area (Å²) in [5.74, 6) is 0.165. The van der Waals surface area contributed by atoms with E-state index >= 15 is 0 Å². The van der Waals surface area contributed by atoms with Crippen LogP contribution in [0.5, 0.6) is 0 Å². The van der Waals surface area contributed by atoms with Gasteiger partial charge in [-0.25, -0.2) is 18.2 Å². The molecule has 0 radical (unpaired) electrons. The molecule has 1 aromatic heterocycles. The zero-order valence-electron chi connectivity index (χ0n) is 21.2.